The third-order valence-corrected chi connectivity index (χ3v) is 4.04. The van der Waals surface area contributed by atoms with Gasteiger partial charge in [0.05, 0.1) is 24.2 Å². The van der Waals surface area contributed by atoms with Crippen molar-refractivity contribution < 1.29 is 14.6 Å². The Morgan fingerprint density at radius 3 is 2.19 bits per heavy atom. The second-order valence-corrected chi connectivity index (χ2v) is 6.03. The number of carbonyl (C=O) groups is 1. The maximum atomic E-state index is 10.5. The zero-order chi connectivity index (χ0) is 19.1. The van der Waals surface area contributed by atoms with E-state index in [1.807, 2.05) is 72.6 Å². The van der Waals surface area contributed by atoms with Gasteiger partial charge in [0.2, 0.25) is 0 Å². The number of aliphatic carboxylic acids is 1. The molecule has 138 valence electrons. The van der Waals surface area contributed by atoms with Crippen LogP contribution >= 0.6 is 0 Å². The lowest BCUT2D eigenvalue weighted by Gasteiger charge is -2.19. The highest BCUT2D eigenvalue weighted by Crippen LogP contribution is 2.30. The first-order chi connectivity index (χ1) is 13.1. The summed E-state index contributed by atoms with van der Waals surface area (Å²) in [7, 11) is 1.88. The van der Waals surface area contributed by atoms with Crippen LogP contribution in [0, 0.1) is 0 Å². The van der Waals surface area contributed by atoms with Crippen molar-refractivity contribution >= 4 is 11.8 Å². The number of ether oxygens (including phenoxy) is 1. The van der Waals surface area contributed by atoms with Crippen LogP contribution in [0.5, 0.6) is 0 Å². The van der Waals surface area contributed by atoms with Gasteiger partial charge < -0.3 is 14.7 Å². The second-order valence-electron chi connectivity index (χ2n) is 6.03. The van der Waals surface area contributed by atoms with E-state index in [0.29, 0.717) is 19.0 Å². The normalized spacial score (nSPS) is 10.6. The third-order valence-electron chi connectivity index (χ3n) is 4.04. The highest BCUT2D eigenvalue weighted by molar-refractivity contribution is 5.78. The number of carboxylic acid groups (broad SMARTS) is 1. The van der Waals surface area contributed by atoms with E-state index in [1.165, 1.54) is 0 Å². The first-order valence-electron chi connectivity index (χ1n) is 8.63. The zero-order valence-corrected chi connectivity index (χ0v) is 15.1. The molecule has 0 amide bonds. The largest absolute Gasteiger partial charge is 0.480 e. The van der Waals surface area contributed by atoms with Crippen molar-refractivity contribution in [2.45, 2.75) is 0 Å². The van der Waals surface area contributed by atoms with Gasteiger partial charge in [-0.05, 0) is 0 Å². The molecule has 0 radical (unpaired) electrons. The van der Waals surface area contributed by atoms with Crippen LogP contribution in [-0.2, 0) is 9.53 Å². The van der Waals surface area contributed by atoms with E-state index in [0.717, 1.165) is 22.5 Å². The number of rotatable bonds is 8. The van der Waals surface area contributed by atoms with Crippen LogP contribution in [0.1, 0.15) is 0 Å². The predicted octanol–water partition coefficient (Wildman–Crippen LogP) is 3.35. The zero-order valence-electron chi connectivity index (χ0n) is 15.1. The molecular formula is C21H21N3O3. The van der Waals surface area contributed by atoms with Crippen LogP contribution in [-0.4, -0.2) is 47.8 Å². The summed E-state index contributed by atoms with van der Waals surface area (Å²) in [5, 5.41) is 8.64. The Kier molecular flexibility index (Phi) is 6.12. The van der Waals surface area contributed by atoms with Gasteiger partial charge in [-0.3, -0.25) is 4.98 Å². The standard InChI is InChI=1S/C21H21N3O3/c1-24(12-13-27-15-19(25)26)18-14-22-20(16-8-4-2-5-9-16)21(23-18)17-10-6-3-7-11-17/h2-11,14H,12-13,15H2,1H3,(H,25,26). The number of benzene rings is 2. The topological polar surface area (TPSA) is 75.5 Å². The van der Waals surface area contributed by atoms with E-state index >= 15 is 0 Å². The fourth-order valence-electron chi connectivity index (χ4n) is 2.64. The lowest BCUT2D eigenvalue weighted by Crippen LogP contribution is -2.25. The number of aromatic nitrogens is 2. The minimum absolute atomic E-state index is 0.297. The number of likely N-dealkylation sites (N-methyl/N-ethyl adjacent to an activating group) is 1. The maximum absolute atomic E-state index is 10.5. The van der Waals surface area contributed by atoms with Crippen LogP contribution in [0.2, 0.25) is 0 Å². The van der Waals surface area contributed by atoms with Gasteiger partial charge in [-0.2, -0.15) is 0 Å². The van der Waals surface area contributed by atoms with Gasteiger partial charge in [0.15, 0.2) is 0 Å². The molecule has 0 saturated heterocycles. The van der Waals surface area contributed by atoms with E-state index in [9.17, 15) is 4.79 Å². The molecule has 6 nitrogen and oxygen atoms in total. The molecule has 1 heterocycles. The average molecular weight is 363 g/mol. The SMILES string of the molecule is CN(CCOCC(=O)O)c1cnc(-c2ccccc2)c(-c2ccccc2)n1. The lowest BCUT2D eigenvalue weighted by atomic mass is 10.0. The van der Waals surface area contributed by atoms with Gasteiger partial charge in [-0.15, -0.1) is 0 Å². The number of hydrogen-bond acceptors (Lipinski definition) is 5. The fourth-order valence-corrected chi connectivity index (χ4v) is 2.64. The Balaban J connectivity index is 1.88. The number of nitrogens with zero attached hydrogens (tertiary/aromatic N) is 3. The van der Waals surface area contributed by atoms with Crippen LogP contribution < -0.4 is 4.90 Å². The molecule has 2 aromatic carbocycles. The molecule has 0 fully saturated rings. The molecule has 0 aliphatic carbocycles. The minimum atomic E-state index is -0.976. The van der Waals surface area contributed by atoms with E-state index < -0.39 is 5.97 Å². The quantitative estimate of drug-likeness (QED) is 0.619. The monoisotopic (exact) mass is 363 g/mol. The van der Waals surface area contributed by atoms with Gasteiger partial charge in [0, 0.05) is 24.7 Å². The van der Waals surface area contributed by atoms with Crippen molar-refractivity contribution in [3.05, 3.63) is 66.9 Å². The van der Waals surface area contributed by atoms with Crippen molar-refractivity contribution in [1.82, 2.24) is 9.97 Å². The summed E-state index contributed by atoms with van der Waals surface area (Å²) in [5.74, 6) is -0.275. The summed E-state index contributed by atoms with van der Waals surface area (Å²) in [4.78, 5) is 21.9. The smallest absolute Gasteiger partial charge is 0.329 e. The Hall–Kier alpha value is -3.25. The minimum Gasteiger partial charge on any atom is -0.480 e. The third kappa shape index (κ3) is 4.89. The van der Waals surface area contributed by atoms with Gasteiger partial charge in [0.25, 0.3) is 0 Å². The van der Waals surface area contributed by atoms with Crippen molar-refractivity contribution in [2.24, 2.45) is 0 Å². The summed E-state index contributed by atoms with van der Waals surface area (Å²) in [6.07, 6.45) is 1.73. The van der Waals surface area contributed by atoms with Gasteiger partial charge in [-0.1, -0.05) is 60.7 Å². The van der Waals surface area contributed by atoms with Gasteiger partial charge >= 0.3 is 5.97 Å². The molecule has 1 N–H and O–H groups in total. The van der Waals surface area contributed by atoms with Gasteiger partial charge in [0.1, 0.15) is 12.4 Å². The Bertz CT molecular complexity index is 886. The molecule has 0 aliphatic rings. The van der Waals surface area contributed by atoms with E-state index in [1.54, 1.807) is 6.20 Å². The second kappa shape index (κ2) is 8.91. The van der Waals surface area contributed by atoms with E-state index in [2.05, 4.69) is 4.98 Å². The highest BCUT2D eigenvalue weighted by atomic mass is 16.5. The molecule has 3 aromatic rings. The molecule has 0 aliphatic heterocycles. The summed E-state index contributed by atoms with van der Waals surface area (Å²) in [6.45, 7) is 0.508. The first-order valence-corrected chi connectivity index (χ1v) is 8.63. The number of anilines is 1. The van der Waals surface area contributed by atoms with Crippen LogP contribution in [0.4, 0.5) is 5.82 Å². The number of hydrogen-bond donors (Lipinski definition) is 1. The lowest BCUT2D eigenvalue weighted by molar-refractivity contribution is -0.142. The molecule has 27 heavy (non-hydrogen) atoms. The molecule has 0 atom stereocenters. The molecule has 0 unspecified atom stereocenters. The molecule has 3 rings (SSSR count). The van der Waals surface area contributed by atoms with Crippen molar-refractivity contribution in [2.75, 3.05) is 31.7 Å². The molecule has 0 bridgehead atoms. The molecule has 1 aromatic heterocycles. The van der Waals surface area contributed by atoms with Crippen LogP contribution in [0.15, 0.2) is 66.9 Å². The van der Waals surface area contributed by atoms with Crippen molar-refractivity contribution in [1.29, 1.82) is 0 Å². The summed E-state index contributed by atoms with van der Waals surface area (Å²) < 4.78 is 5.11. The number of carboxylic acids is 1. The summed E-state index contributed by atoms with van der Waals surface area (Å²) in [6, 6.07) is 19.9. The van der Waals surface area contributed by atoms with Crippen LogP contribution in [0.3, 0.4) is 0 Å². The maximum Gasteiger partial charge on any atom is 0.329 e. The summed E-state index contributed by atoms with van der Waals surface area (Å²) in [5.41, 5.74) is 3.61. The molecule has 0 spiro atoms. The van der Waals surface area contributed by atoms with E-state index in [-0.39, 0.29) is 6.61 Å². The highest BCUT2D eigenvalue weighted by Gasteiger charge is 2.14. The Morgan fingerprint density at radius 2 is 1.59 bits per heavy atom. The van der Waals surface area contributed by atoms with Crippen molar-refractivity contribution in [3.8, 4) is 22.5 Å². The van der Waals surface area contributed by atoms with Crippen LogP contribution in [0.25, 0.3) is 22.5 Å². The fraction of sp³-hybridized carbons (Fsp3) is 0.190. The Labute approximate surface area is 158 Å². The molecule has 0 saturated carbocycles. The van der Waals surface area contributed by atoms with E-state index in [4.69, 9.17) is 14.8 Å². The Morgan fingerprint density at radius 1 is 1.00 bits per heavy atom. The molecule has 6 heteroatoms. The van der Waals surface area contributed by atoms with Gasteiger partial charge in [-0.25, -0.2) is 9.78 Å². The average Bonchev–Trinajstić information content (AvgIpc) is 2.72. The predicted molar refractivity (Wildman–Crippen MR) is 105 cm³/mol. The van der Waals surface area contributed by atoms with Crippen molar-refractivity contribution in [3.63, 3.8) is 0 Å². The summed E-state index contributed by atoms with van der Waals surface area (Å²) >= 11 is 0. The first kappa shape index (κ1) is 18.5. The molecular weight excluding hydrogens is 342 g/mol.